The van der Waals surface area contributed by atoms with Crippen LogP contribution in [-0.4, -0.2) is 43.2 Å². The van der Waals surface area contributed by atoms with Crippen LogP contribution in [0.3, 0.4) is 0 Å². The predicted octanol–water partition coefficient (Wildman–Crippen LogP) is 1.89. The monoisotopic (exact) mass is 240 g/mol. The molecule has 1 aromatic carbocycles. The van der Waals surface area contributed by atoms with E-state index in [0.29, 0.717) is 12.2 Å². The Balaban J connectivity index is 2.64. The molecule has 0 aliphatic heterocycles. The van der Waals surface area contributed by atoms with Crippen LogP contribution in [0.1, 0.15) is 16.8 Å². The summed E-state index contributed by atoms with van der Waals surface area (Å²) in [6, 6.07) is 4.21. The van der Waals surface area contributed by atoms with Gasteiger partial charge in [0.2, 0.25) is 0 Å². The Morgan fingerprint density at radius 3 is 2.76 bits per heavy atom. The molecule has 0 bridgehead atoms. The van der Waals surface area contributed by atoms with Crippen molar-refractivity contribution >= 4 is 11.7 Å². The molecule has 5 heteroatoms. The molecule has 0 heterocycles. The van der Waals surface area contributed by atoms with Crippen molar-refractivity contribution in [3.63, 3.8) is 0 Å². The van der Waals surface area contributed by atoms with Crippen LogP contribution in [-0.2, 0) is 0 Å². The quantitative estimate of drug-likeness (QED) is 0.745. The number of nitrogens with zero attached hydrogens (tertiary/aromatic N) is 1. The summed E-state index contributed by atoms with van der Waals surface area (Å²) >= 11 is 0. The van der Waals surface area contributed by atoms with Crippen LogP contribution in [0.25, 0.3) is 0 Å². The van der Waals surface area contributed by atoms with Crippen molar-refractivity contribution in [2.24, 2.45) is 0 Å². The van der Waals surface area contributed by atoms with Crippen LogP contribution in [0.2, 0.25) is 0 Å². The Kier molecular flexibility index (Phi) is 4.90. The lowest BCUT2D eigenvalue weighted by molar-refractivity contribution is 0.0693. The third-order valence-electron chi connectivity index (χ3n) is 2.33. The van der Waals surface area contributed by atoms with E-state index in [1.165, 1.54) is 6.07 Å². The minimum absolute atomic E-state index is 0.294. The van der Waals surface area contributed by atoms with Gasteiger partial charge in [-0.25, -0.2) is 9.18 Å². The van der Waals surface area contributed by atoms with E-state index in [1.54, 1.807) is 6.07 Å². The number of hydrogen-bond donors (Lipinski definition) is 2. The molecule has 0 atom stereocenters. The number of rotatable bonds is 6. The SMILES string of the molecule is CN(C)CCCNc1cccc(F)c1C(=O)O. The van der Waals surface area contributed by atoms with Gasteiger partial charge in [-0.15, -0.1) is 0 Å². The maximum atomic E-state index is 13.3. The third kappa shape index (κ3) is 4.03. The van der Waals surface area contributed by atoms with E-state index in [0.717, 1.165) is 19.0 Å². The molecule has 0 fully saturated rings. The van der Waals surface area contributed by atoms with Gasteiger partial charge in [-0.2, -0.15) is 0 Å². The number of carboxylic acids is 1. The first-order chi connectivity index (χ1) is 8.02. The molecule has 0 saturated heterocycles. The Hall–Kier alpha value is -1.62. The van der Waals surface area contributed by atoms with Crippen LogP contribution in [0.15, 0.2) is 18.2 Å². The number of anilines is 1. The lowest BCUT2D eigenvalue weighted by Gasteiger charge is -2.12. The second-order valence-corrected chi connectivity index (χ2v) is 4.05. The highest BCUT2D eigenvalue weighted by Gasteiger charge is 2.14. The molecule has 0 aliphatic rings. The second-order valence-electron chi connectivity index (χ2n) is 4.05. The van der Waals surface area contributed by atoms with E-state index in [-0.39, 0.29) is 5.56 Å². The van der Waals surface area contributed by atoms with Crippen molar-refractivity contribution in [1.29, 1.82) is 0 Å². The summed E-state index contributed by atoms with van der Waals surface area (Å²) in [6.07, 6.45) is 0.864. The fourth-order valence-electron chi connectivity index (χ4n) is 1.51. The fourth-order valence-corrected chi connectivity index (χ4v) is 1.51. The first-order valence-electron chi connectivity index (χ1n) is 5.42. The molecular formula is C12H17FN2O2. The van der Waals surface area contributed by atoms with Gasteiger partial charge in [-0.1, -0.05) is 6.07 Å². The number of carbonyl (C=O) groups is 1. The fraction of sp³-hybridized carbons (Fsp3) is 0.417. The summed E-state index contributed by atoms with van der Waals surface area (Å²) in [6.45, 7) is 1.51. The van der Waals surface area contributed by atoms with Gasteiger partial charge in [0.15, 0.2) is 0 Å². The Bertz CT molecular complexity index is 394. The minimum Gasteiger partial charge on any atom is -0.478 e. The summed E-state index contributed by atoms with van der Waals surface area (Å²) in [4.78, 5) is 12.9. The number of carboxylic acid groups (broad SMARTS) is 1. The number of halogens is 1. The van der Waals surface area contributed by atoms with Crippen LogP contribution >= 0.6 is 0 Å². The summed E-state index contributed by atoms with van der Waals surface area (Å²) in [7, 11) is 3.93. The Morgan fingerprint density at radius 2 is 2.18 bits per heavy atom. The molecule has 0 aromatic heterocycles. The van der Waals surface area contributed by atoms with Crippen molar-refractivity contribution in [3.05, 3.63) is 29.6 Å². The molecule has 0 aliphatic carbocycles. The molecule has 94 valence electrons. The molecule has 0 radical (unpaired) electrons. The highest BCUT2D eigenvalue weighted by atomic mass is 19.1. The maximum Gasteiger partial charge on any atom is 0.340 e. The van der Waals surface area contributed by atoms with E-state index in [4.69, 9.17) is 5.11 Å². The molecule has 0 spiro atoms. The molecule has 1 aromatic rings. The van der Waals surface area contributed by atoms with E-state index in [1.807, 2.05) is 19.0 Å². The molecule has 17 heavy (non-hydrogen) atoms. The largest absolute Gasteiger partial charge is 0.478 e. The normalized spacial score (nSPS) is 10.6. The molecule has 2 N–H and O–H groups in total. The lowest BCUT2D eigenvalue weighted by Crippen LogP contribution is -2.17. The maximum absolute atomic E-state index is 13.3. The first-order valence-corrected chi connectivity index (χ1v) is 5.42. The first kappa shape index (κ1) is 13.4. The molecule has 0 unspecified atom stereocenters. The topological polar surface area (TPSA) is 52.6 Å². The second kappa shape index (κ2) is 6.20. The summed E-state index contributed by atoms with van der Waals surface area (Å²) in [5.41, 5.74) is 0.0357. The van der Waals surface area contributed by atoms with Gasteiger partial charge in [-0.05, 0) is 39.2 Å². The number of hydrogen-bond acceptors (Lipinski definition) is 3. The van der Waals surface area contributed by atoms with Gasteiger partial charge < -0.3 is 15.3 Å². The van der Waals surface area contributed by atoms with Gasteiger partial charge >= 0.3 is 5.97 Å². The molecule has 0 saturated carbocycles. The Morgan fingerprint density at radius 1 is 1.47 bits per heavy atom. The van der Waals surface area contributed by atoms with Gasteiger partial charge in [0.05, 0.1) is 5.69 Å². The van der Waals surface area contributed by atoms with Crippen molar-refractivity contribution in [1.82, 2.24) is 4.90 Å². The van der Waals surface area contributed by atoms with Crippen molar-refractivity contribution in [2.45, 2.75) is 6.42 Å². The van der Waals surface area contributed by atoms with E-state index in [9.17, 15) is 9.18 Å². The van der Waals surface area contributed by atoms with Crippen molar-refractivity contribution < 1.29 is 14.3 Å². The van der Waals surface area contributed by atoms with Gasteiger partial charge in [0, 0.05) is 6.54 Å². The standard InChI is InChI=1S/C12H17FN2O2/c1-15(2)8-4-7-14-10-6-3-5-9(13)11(10)12(16)17/h3,5-6,14H,4,7-8H2,1-2H3,(H,16,17). The molecule has 0 amide bonds. The number of benzene rings is 1. The van der Waals surface area contributed by atoms with Crippen molar-refractivity contribution in [3.8, 4) is 0 Å². The average Bonchev–Trinajstić information content (AvgIpc) is 2.23. The average molecular weight is 240 g/mol. The van der Waals surface area contributed by atoms with E-state index in [2.05, 4.69) is 5.32 Å². The molecular weight excluding hydrogens is 223 g/mol. The predicted molar refractivity (Wildman–Crippen MR) is 65.0 cm³/mol. The van der Waals surface area contributed by atoms with E-state index >= 15 is 0 Å². The van der Waals surface area contributed by atoms with Crippen molar-refractivity contribution in [2.75, 3.05) is 32.5 Å². The zero-order valence-electron chi connectivity index (χ0n) is 10.0. The zero-order valence-corrected chi connectivity index (χ0v) is 10.0. The molecule has 4 nitrogen and oxygen atoms in total. The van der Waals surface area contributed by atoms with Crippen LogP contribution < -0.4 is 5.32 Å². The zero-order chi connectivity index (χ0) is 12.8. The smallest absolute Gasteiger partial charge is 0.340 e. The van der Waals surface area contributed by atoms with Crippen LogP contribution in [0, 0.1) is 5.82 Å². The van der Waals surface area contributed by atoms with Gasteiger partial charge in [0.1, 0.15) is 11.4 Å². The highest BCUT2D eigenvalue weighted by molar-refractivity contribution is 5.94. The highest BCUT2D eigenvalue weighted by Crippen LogP contribution is 2.18. The lowest BCUT2D eigenvalue weighted by atomic mass is 10.1. The van der Waals surface area contributed by atoms with Gasteiger partial charge in [-0.3, -0.25) is 0 Å². The number of aromatic carboxylic acids is 1. The van der Waals surface area contributed by atoms with E-state index < -0.39 is 11.8 Å². The molecule has 1 rings (SSSR count). The Labute approximate surface area is 100 Å². The van der Waals surface area contributed by atoms with Crippen LogP contribution in [0.5, 0.6) is 0 Å². The number of nitrogens with one attached hydrogen (secondary N) is 1. The summed E-state index contributed by atoms with van der Waals surface area (Å²) < 4.78 is 13.3. The van der Waals surface area contributed by atoms with Gasteiger partial charge in [0.25, 0.3) is 0 Å². The summed E-state index contributed by atoms with van der Waals surface area (Å²) in [5.74, 6) is -1.96. The summed E-state index contributed by atoms with van der Waals surface area (Å²) in [5, 5.41) is 11.8. The third-order valence-corrected chi connectivity index (χ3v) is 2.33. The van der Waals surface area contributed by atoms with Crippen LogP contribution in [0.4, 0.5) is 10.1 Å². The minimum atomic E-state index is -1.25.